The average molecular weight is 224 g/mol. The Morgan fingerprint density at radius 3 is 2.75 bits per heavy atom. The van der Waals surface area contributed by atoms with Crippen molar-refractivity contribution in [3.8, 4) is 0 Å². The minimum atomic E-state index is 0.791. The zero-order valence-corrected chi connectivity index (χ0v) is 6.53. The molecule has 0 spiro atoms. The second kappa shape index (κ2) is 2.38. The largest absolute Gasteiger partial charge is 0.175 e. The van der Waals surface area contributed by atoms with Gasteiger partial charge in [-0.15, -0.1) is 13.2 Å². The second-order valence-corrected chi connectivity index (χ2v) is 2.16. The number of nitrogens with zero attached hydrogens (tertiary/aromatic N) is 4. The van der Waals surface area contributed by atoms with Gasteiger partial charge >= 0.3 is 0 Å². The molecular formula is C3H5IN4. The van der Waals surface area contributed by atoms with E-state index < -0.39 is 0 Å². The van der Waals surface area contributed by atoms with E-state index in [4.69, 9.17) is 0 Å². The first-order valence-corrected chi connectivity index (χ1v) is 3.24. The van der Waals surface area contributed by atoms with Gasteiger partial charge in [-0.05, 0) is 5.21 Å². The molecule has 44 valence electrons. The van der Waals surface area contributed by atoms with E-state index in [1.807, 2.05) is 29.8 Å². The minimum Gasteiger partial charge on any atom is -0.127 e. The van der Waals surface area contributed by atoms with E-state index in [9.17, 15) is 0 Å². The van der Waals surface area contributed by atoms with Crippen LogP contribution in [0.5, 0.6) is 0 Å². The van der Waals surface area contributed by atoms with E-state index in [1.54, 1.807) is 0 Å². The highest BCUT2D eigenvalue weighted by molar-refractivity contribution is 14.1. The van der Waals surface area contributed by atoms with E-state index in [1.165, 1.54) is 3.01 Å². The molecule has 0 unspecified atom stereocenters. The molecule has 0 N–H and O–H groups in total. The summed E-state index contributed by atoms with van der Waals surface area (Å²) in [6, 6.07) is 0. The zero-order valence-electron chi connectivity index (χ0n) is 4.37. The predicted octanol–water partition coefficient (Wildman–Crippen LogP) is 0.434. The first kappa shape index (κ1) is 5.93. The fourth-order valence-corrected chi connectivity index (χ4v) is 0.711. The fourth-order valence-electron chi connectivity index (χ4n) is 0.365. The van der Waals surface area contributed by atoms with E-state index >= 15 is 0 Å². The maximum absolute atomic E-state index is 3.91. The topological polar surface area (TPSA) is 43.6 Å². The highest BCUT2D eigenvalue weighted by atomic mass is 127. The number of tetrazole rings is 1. The molecule has 0 aliphatic rings. The molecule has 0 fully saturated rings. The van der Waals surface area contributed by atoms with Crippen LogP contribution in [0.15, 0.2) is 0 Å². The van der Waals surface area contributed by atoms with Gasteiger partial charge in [0, 0.05) is 6.42 Å². The number of hydrogen-bond donors (Lipinski definition) is 0. The Bertz CT molecular complexity index is 172. The summed E-state index contributed by atoms with van der Waals surface area (Å²) in [4.78, 5) is 0. The molecule has 1 aromatic rings. The Balaban J connectivity index is 2.84. The summed E-state index contributed by atoms with van der Waals surface area (Å²) in [7, 11) is 0. The van der Waals surface area contributed by atoms with Crippen LogP contribution in [-0.4, -0.2) is 18.4 Å². The minimum absolute atomic E-state index is 0.791. The lowest BCUT2D eigenvalue weighted by Crippen LogP contribution is -1.84. The van der Waals surface area contributed by atoms with Crippen LogP contribution >= 0.6 is 22.9 Å². The van der Waals surface area contributed by atoms with Crippen molar-refractivity contribution >= 4 is 22.9 Å². The molecule has 0 bridgehead atoms. The second-order valence-electron chi connectivity index (χ2n) is 1.30. The molecular weight excluding hydrogens is 219 g/mol. The molecule has 5 heteroatoms. The fraction of sp³-hybridized carbons (Fsp3) is 0.667. The molecule has 0 radical (unpaired) electrons. The Hall–Kier alpha value is -0.200. The molecule has 0 saturated heterocycles. The van der Waals surface area contributed by atoms with Crippen molar-refractivity contribution in [1.29, 1.82) is 0 Å². The third-order valence-electron chi connectivity index (χ3n) is 0.748. The number of aryl methyl sites for hydroxylation is 1. The lowest BCUT2D eigenvalue weighted by Gasteiger charge is -1.75. The lowest BCUT2D eigenvalue weighted by atomic mass is 10.5. The first-order chi connectivity index (χ1) is 3.83. The summed E-state index contributed by atoms with van der Waals surface area (Å²) in [5.41, 5.74) is 0. The molecule has 0 atom stereocenters. The van der Waals surface area contributed by atoms with Gasteiger partial charge < -0.3 is 0 Å². The van der Waals surface area contributed by atoms with Gasteiger partial charge in [-0.25, -0.2) is 0 Å². The molecule has 8 heavy (non-hydrogen) atoms. The number of aromatic nitrogens is 4. The monoisotopic (exact) mass is 224 g/mol. The maximum atomic E-state index is 3.91. The van der Waals surface area contributed by atoms with Gasteiger partial charge in [-0.1, -0.05) is 6.92 Å². The Labute approximate surface area is 60.8 Å². The molecule has 0 aliphatic heterocycles. The van der Waals surface area contributed by atoms with Crippen molar-refractivity contribution < 1.29 is 0 Å². The smallest absolute Gasteiger partial charge is 0.127 e. The third kappa shape index (κ3) is 1.15. The Kier molecular flexibility index (Phi) is 1.77. The maximum Gasteiger partial charge on any atom is 0.175 e. The summed E-state index contributed by atoms with van der Waals surface area (Å²) >= 11 is 1.96. The summed E-state index contributed by atoms with van der Waals surface area (Å²) in [6.07, 6.45) is 0.850. The highest BCUT2D eigenvalue weighted by Gasteiger charge is 1.93. The van der Waals surface area contributed by atoms with Gasteiger partial charge in [0.1, 0.15) is 22.9 Å². The first-order valence-electron chi connectivity index (χ1n) is 2.28. The van der Waals surface area contributed by atoms with Crippen molar-refractivity contribution in [3.63, 3.8) is 0 Å². The summed E-state index contributed by atoms with van der Waals surface area (Å²) in [6.45, 7) is 1.99. The zero-order chi connectivity index (χ0) is 5.98. The molecule has 4 nitrogen and oxygen atoms in total. The van der Waals surface area contributed by atoms with Crippen LogP contribution in [-0.2, 0) is 6.42 Å². The number of hydrogen-bond acceptors (Lipinski definition) is 3. The van der Waals surface area contributed by atoms with E-state index in [0.717, 1.165) is 12.2 Å². The average Bonchev–Trinajstić information content (AvgIpc) is 2.14. The van der Waals surface area contributed by atoms with Gasteiger partial charge in [-0.3, -0.25) is 0 Å². The van der Waals surface area contributed by atoms with Gasteiger partial charge in [-0.2, -0.15) is 0 Å². The quantitative estimate of drug-likeness (QED) is 0.650. The van der Waals surface area contributed by atoms with Crippen molar-refractivity contribution in [2.45, 2.75) is 13.3 Å². The van der Waals surface area contributed by atoms with Crippen molar-refractivity contribution in [2.24, 2.45) is 0 Å². The molecule has 1 rings (SSSR count). The van der Waals surface area contributed by atoms with E-state index in [0.29, 0.717) is 0 Å². The van der Waals surface area contributed by atoms with Gasteiger partial charge in [0.2, 0.25) is 0 Å². The van der Waals surface area contributed by atoms with Gasteiger partial charge in [0.25, 0.3) is 0 Å². The van der Waals surface area contributed by atoms with Crippen molar-refractivity contribution in [3.05, 3.63) is 5.82 Å². The Morgan fingerprint density at radius 2 is 2.50 bits per heavy atom. The van der Waals surface area contributed by atoms with Gasteiger partial charge in [0.15, 0.2) is 5.82 Å². The van der Waals surface area contributed by atoms with Crippen LogP contribution in [0.1, 0.15) is 12.7 Å². The van der Waals surface area contributed by atoms with E-state index in [-0.39, 0.29) is 0 Å². The van der Waals surface area contributed by atoms with Crippen LogP contribution in [0.2, 0.25) is 0 Å². The van der Waals surface area contributed by atoms with Crippen LogP contribution < -0.4 is 0 Å². The molecule has 0 aliphatic carbocycles. The van der Waals surface area contributed by atoms with Crippen molar-refractivity contribution in [1.82, 2.24) is 18.4 Å². The standard InChI is InChI=1S/C3H5IN4/c1-2-3-5-7-8(4)6-3/h2H2,1H3. The predicted molar refractivity (Wildman–Crippen MR) is 36.6 cm³/mol. The number of rotatable bonds is 1. The van der Waals surface area contributed by atoms with Crippen LogP contribution in [0.25, 0.3) is 0 Å². The summed E-state index contributed by atoms with van der Waals surface area (Å²) in [5.74, 6) is 0.791. The molecule has 0 saturated carbocycles. The molecule has 0 aromatic carbocycles. The molecule has 0 amide bonds. The SMILES string of the molecule is CCc1nnn(I)n1. The molecule has 1 heterocycles. The Morgan fingerprint density at radius 1 is 1.75 bits per heavy atom. The van der Waals surface area contributed by atoms with Gasteiger partial charge in [0.05, 0.1) is 0 Å². The third-order valence-corrected chi connectivity index (χ3v) is 1.16. The van der Waals surface area contributed by atoms with Crippen molar-refractivity contribution in [2.75, 3.05) is 0 Å². The molecule has 1 aromatic heterocycles. The lowest BCUT2D eigenvalue weighted by molar-refractivity contribution is 0.853. The van der Waals surface area contributed by atoms with Crippen LogP contribution in [0, 0.1) is 0 Å². The number of halogens is 1. The normalized spacial score (nSPS) is 9.75. The highest BCUT2D eigenvalue weighted by Crippen LogP contribution is 1.88. The summed E-state index contributed by atoms with van der Waals surface area (Å²) in [5, 5.41) is 11.3. The van der Waals surface area contributed by atoms with E-state index in [2.05, 4.69) is 15.4 Å². The summed E-state index contributed by atoms with van der Waals surface area (Å²) < 4.78 is 1.43. The van der Waals surface area contributed by atoms with Crippen LogP contribution in [0.4, 0.5) is 0 Å². The van der Waals surface area contributed by atoms with Crippen LogP contribution in [0.3, 0.4) is 0 Å².